The van der Waals surface area contributed by atoms with Gasteiger partial charge in [0.1, 0.15) is 0 Å². The lowest BCUT2D eigenvalue weighted by molar-refractivity contribution is -0.376. The molecular formula is C54H96O12. The first-order chi connectivity index (χ1) is 31.4. The third-order valence-corrected chi connectivity index (χ3v) is 18.9. The first kappa shape index (κ1) is 53.3. The summed E-state index contributed by atoms with van der Waals surface area (Å²) in [7, 11) is 0. The van der Waals surface area contributed by atoms with Gasteiger partial charge < -0.3 is 56.8 Å². The molecule has 12 unspecified atom stereocenters. The van der Waals surface area contributed by atoms with Crippen LogP contribution >= 0.6 is 0 Å². The molecule has 22 aliphatic heterocycles. The van der Waals surface area contributed by atoms with Crippen LogP contribution in [-0.2, 0) is 56.8 Å². The van der Waals surface area contributed by atoms with E-state index in [2.05, 4.69) is 125 Å². The van der Waals surface area contributed by atoms with E-state index in [9.17, 15) is 0 Å². The molecule has 0 spiro atoms. The summed E-state index contributed by atoms with van der Waals surface area (Å²) in [5, 5.41) is 0. The summed E-state index contributed by atoms with van der Waals surface area (Å²) in [4.78, 5) is 0. The van der Waals surface area contributed by atoms with E-state index in [1.54, 1.807) is 0 Å². The molecule has 384 valence electrons. The second-order valence-corrected chi connectivity index (χ2v) is 22.6. The van der Waals surface area contributed by atoms with Gasteiger partial charge in [-0.3, -0.25) is 0 Å². The molecule has 0 aromatic rings. The molecular weight excluding hydrogens is 841 g/mol. The van der Waals surface area contributed by atoms with E-state index in [-0.39, 0.29) is 144 Å². The molecule has 0 N–H and O–H groups in total. The van der Waals surface area contributed by atoms with Gasteiger partial charge in [0.15, 0.2) is 37.7 Å². The zero-order chi connectivity index (χ0) is 48.0. The molecule has 12 bridgehead atoms. The highest BCUT2D eigenvalue weighted by Crippen LogP contribution is 2.47. The summed E-state index contributed by atoms with van der Waals surface area (Å²) in [5.74, 6) is 1.45. The number of hydrogen-bond donors (Lipinski definition) is 0. The third-order valence-electron chi connectivity index (χ3n) is 18.9. The maximum atomic E-state index is 7.13. The summed E-state index contributed by atoms with van der Waals surface area (Å²) in [5.41, 5.74) is 0. The van der Waals surface area contributed by atoms with Crippen LogP contribution in [0.1, 0.15) is 163 Å². The summed E-state index contributed by atoms with van der Waals surface area (Å²) < 4.78 is 84.6. The van der Waals surface area contributed by atoms with Gasteiger partial charge in [0.05, 0.1) is 73.2 Å². The van der Waals surface area contributed by atoms with Crippen LogP contribution in [0.3, 0.4) is 0 Å². The van der Waals surface area contributed by atoms with Crippen molar-refractivity contribution in [3.8, 4) is 0 Å². The fourth-order valence-electron chi connectivity index (χ4n) is 12.7. The van der Waals surface area contributed by atoms with Crippen molar-refractivity contribution in [3.05, 3.63) is 0 Å². The van der Waals surface area contributed by atoms with Gasteiger partial charge in [-0.1, -0.05) is 125 Å². The molecule has 12 heteroatoms. The molecule has 22 heterocycles. The first-order valence-corrected chi connectivity index (χ1v) is 27.3. The normalized spacial score (nSPS) is 55.4. The van der Waals surface area contributed by atoms with Crippen molar-refractivity contribution in [1.82, 2.24) is 0 Å². The topological polar surface area (TPSA) is 111 Å². The monoisotopic (exact) mass is 937 g/mol. The van der Waals surface area contributed by atoms with Crippen LogP contribution in [0.2, 0.25) is 0 Å². The van der Waals surface area contributed by atoms with Gasteiger partial charge >= 0.3 is 0 Å². The van der Waals surface area contributed by atoms with Gasteiger partial charge in [0, 0.05) is 35.5 Å². The lowest BCUT2D eigenvalue weighted by atomic mass is 9.80. The van der Waals surface area contributed by atoms with Gasteiger partial charge in [0.2, 0.25) is 0 Å². The van der Waals surface area contributed by atoms with Crippen LogP contribution in [0.15, 0.2) is 0 Å². The predicted octanol–water partition coefficient (Wildman–Crippen LogP) is 10.8. The molecule has 12 nitrogen and oxygen atoms in total. The molecule has 0 amide bonds. The second kappa shape index (κ2) is 22.5. The van der Waals surface area contributed by atoms with Crippen molar-refractivity contribution < 1.29 is 56.8 Å². The molecule has 22 saturated heterocycles. The quantitative estimate of drug-likeness (QED) is 0.253. The molecule has 22 aliphatic rings. The Morgan fingerprint density at radius 1 is 0.182 bits per heavy atom. The molecule has 0 radical (unpaired) electrons. The van der Waals surface area contributed by atoms with Crippen molar-refractivity contribution >= 4 is 0 Å². The Hall–Kier alpha value is -0.480. The highest BCUT2D eigenvalue weighted by molar-refractivity contribution is 4.96. The maximum absolute atomic E-state index is 7.13. The van der Waals surface area contributed by atoms with E-state index < -0.39 is 37.7 Å². The fourth-order valence-corrected chi connectivity index (χ4v) is 12.7. The van der Waals surface area contributed by atoms with Gasteiger partial charge in [0.25, 0.3) is 0 Å². The van der Waals surface area contributed by atoms with E-state index >= 15 is 0 Å². The smallest absolute Gasteiger partial charge is 0.161 e. The Morgan fingerprint density at radius 2 is 0.303 bits per heavy atom. The van der Waals surface area contributed by atoms with Gasteiger partial charge in [-0.15, -0.1) is 0 Å². The zero-order valence-electron chi connectivity index (χ0n) is 44.5. The van der Waals surface area contributed by atoms with Gasteiger partial charge in [-0.05, 0) is 74.0 Å². The standard InChI is InChI=1S/C54H96O12/c1-19-37-43-25(7)31(13)49(55-37)62-44-27(9)33(15)51(57-38(44)20-2)64-46-29(11)35(17)53(59-40(46)22-4)66-48-30(12)36(18)54(60-42(48)24-6)65-47-28(10)34(16)52(58-41(47)23-5)63-45-26(8)32(14)50(61-43)56-39(45)21-3/h25-54H,19-24H2,1-18H3/t25-,26-,27-,28-,29-,30-,31?,32?,33?,34?,35?,36?,37?,38?,39?,40?,41?,42?,43+,44+,45+,46+,47+,48+,49-,50+,51+,52+,53+,54+/m1/s1. The predicted molar refractivity (Wildman–Crippen MR) is 253 cm³/mol. The Bertz CT molecular complexity index is 1210. The first-order valence-electron chi connectivity index (χ1n) is 27.3. The second-order valence-electron chi connectivity index (χ2n) is 22.6. The number of hydrogen-bond acceptors (Lipinski definition) is 12. The van der Waals surface area contributed by atoms with Crippen LogP contribution in [0.25, 0.3) is 0 Å². The van der Waals surface area contributed by atoms with E-state index in [4.69, 9.17) is 56.8 Å². The Morgan fingerprint density at radius 3 is 0.409 bits per heavy atom. The maximum Gasteiger partial charge on any atom is 0.161 e. The SMILES string of the molecule is CCC1O[C@@H]2O[C@@H]3C(CC)O[C@@H](O[C@@H]4C(CC)O[C@@H](O[C@@H]5C(CC)O[C@@H](O[C@@H]6C(CC)O[C@@H](O[C@@H]7C(CC)O[C@@H](O[C@H]1[C@H](C)C2C)C(C)[C@H]7C)C(C)[C@H]6C)C(C)[C@H]5C)C(C)[C@H]4C)C(C)[C@H]3C. The lowest BCUT2D eigenvalue weighted by Crippen LogP contribution is -2.61. The van der Waals surface area contributed by atoms with Crippen molar-refractivity contribution in [1.29, 1.82) is 0 Å². The van der Waals surface area contributed by atoms with Crippen molar-refractivity contribution in [2.24, 2.45) is 71.0 Å². The molecule has 22 rings (SSSR count). The minimum Gasteiger partial charge on any atom is -0.346 e. The van der Waals surface area contributed by atoms with Crippen molar-refractivity contribution in [2.75, 3.05) is 0 Å². The summed E-state index contributed by atoms with van der Waals surface area (Å²) in [6.45, 7) is 40.4. The van der Waals surface area contributed by atoms with E-state index in [1.165, 1.54) is 0 Å². The van der Waals surface area contributed by atoms with Crippen LogP contribution in [0.4, 0.5) is 0 Å². The summed E-state index contributed by atoms with van der Waals surface area (Å²) in [6.07, 6.45) is 0.613. The number of ether oxygens (including phenoxy) is 12. The Kier molecular flexibility index (Phi) is 18.2. The van der Waals surface area contributed by atoms with Crippen LogP contribution < -0.4 is 0 Å². The molecule has 22 fully saturated rings. The Labute approximate surface area is 400 Å². The van der Waals surface area contributed by atoms with Crippen LogP contribution in [0.5, 0.6) is 0 Å². The highest BCUT2D eigenvalue weighted by atomic mass is 16.8. The van der Waals surface area contributed by atoms with Crippen LogP contribution in [-0.4, -0.2) is 111 Å². The largest absolute Gasteiger partial charge is 0.346 e. The fraction of sp³-hybridized carbons (Fsp3) is 1.00. The Balaban J connectivity index is 1.19. The molecule has 30 atom stereocenters. The minimum absolute atomic E-state index is 0.0792. The number of rotatable bonds is 6. The van der Waals surface area contributed by atoms with E-state index in [1.807, 2.05) is 0 Å². The van der Waals surface area contributed by atoms with Crippen LogP contribution in [0, 0.1) is 71.0 Å². The molecule has 0 aromatic carbocycles. The van der Waals surface area contributed by atoms with Gasteiger partial charge in [-0.2, -0.15) is 0 Å². The molecule has 66 heavy (non-hydrogen) atoms. The van der Waals surface area contributed by atoms with E-state index in [0.717, 1.165) is 38.5 Å². The zero-order valence-corrected chi connectivity index (χ0v) is 44.5. The highest BCUT2D eigenvalue weighted by Gasteiger charge is 2.55. The summed E-state index contributed by atoms with van der Waals surface area (Å²) in [6, 6.07) is 0. The lowest BCUT2D eigenvalue weighted by Gasteiger charge is -2.53. The average molecular weight is 937 g/mol. The van der Waals surface area contributed by atoms with Crippen molar-refractivity contribution in [2.45, 2.75) is 274 Å². The van der Waals surface area contributed by atoms with Gasteiger partial charge in [-0.25, -0.2) is 0 Å². The summed E-state index contributed by atoms with van der Waals surface area (Å²) >= 11 is 0. The van der Waals surface area contributed by atoms with E-state index in [0.29, 0.717) is 0 Å². The average Bonchev–Trinajstić information content (AvgIpc) is 3.31. The molecule has 0 saturated carbocycles. The minimum atomic E-state index is -0.394. The van der Waals surface area contributed by atoms with Crippen molar-refractivity contribution in [3.63, 3.8) is 0 Å². The molecule has 0 aromatic heterocycles. The third kappa shape index (κ3) is 10.3. The molecule has 0 aliphatic carbocycles.